The van der Waals surface area contributed by atoms with Crippen molar-refractivity contribution in [2.45, 2.75) is 18.8 Å². The lowest BCUT2D eigenvalue weighted by atomic mass is 10.1. The molecule has 0 atom stereocenters. The van der Waals surface area contributed by atoms with Crippen molar-refractivity contribution in [1.29, 1.82) is 0 Å². The molecule has 0 radical (unpaired) electrons. The van der Waals surface area contributed by atoms with Crippen LogP contribution in [0.2, 0.25) is 0 Å². The largest absolute Gasteiger partial charge is 0.387 e. The van der Waals surface area contributed by atoms with Crippen LogP contribution in [0.15, 0.2) is 0 Å². The van der Waals surface area contributed by atoms with Gasteiger partial charge in [0, 0.05) is 25.9 Å². The predicted molar refractivity (Wildman–Crippen MR) is 37.8 cm³/mol. The third kappa shape index (κ3) is 2.14. The number of alkyl halides is 2. The smallest absolute Gasteiger partial charge is 0.251 e. The topological polar surface area (TPSA) is 40.5 Å². The molecular formula is C7H11F2NO2. The highest BCUT2D eigenvalue weighted by molar-refractivity contribution is 5.77. The molecule has 0 spiro atoms. The number of piperidine rings is 1. The van der Waals surface area contributed by atoms with Crippen molar-refractivity contribution in [2.75, 3.05) is 19.7 Å². The van der Waals surface area contributed by atoms with E-state index < -0.39 is 18.4 Å². The molecule has 1 saturated heterocycles. The second kappa shape index (κ2) is 3.35. The Hall–Kier alpha value is -0.710. The fourth-order valence-corrected chi connectivity index (χ4v) is 1.18. The number of carbonyl (C=O) groups is 1. The number of carbonyl (C=O) groups excluding carboxylic acids is 1. The summed E-state index contributed by atoms with van der Waals surface area (Å²) in [5.74, 6) is -3.10. The van der Waals surface area contributed by atoms with E-state index in [-0.39, 0.29) is 25.9 Å². The van der Waals surface area contributed by atoms with Gasteiger partial charge in [0.05, 0.1) is 0 Å². The zero-order valence-corrected chi connectivity index (χ0v) is 6.59. The van der Waals surface area contributed by atoms with Gasteiger partial charge >= 0.3 is 0 Å². The lowest BCUT2D eigenvalue weighted by Gasteiger charge is -2.31. The summed E-state index contributed by atoms with van der Waals surface area (Å²) < 4.78 is 25.1. The number of likely N-dealkylation sites (tertiary alicyclic amines) is 1. The molecule has 70 valence electrons. The van der Waals surface area contributed by atoms with Crippen molar-refractivity contribution in [1.82, 2.24) is 4.90 Å². The molecule has 5 heteroatoms. The lowest BCUT2D eigenvalue weighted by Crippen LogP contribution is -2.43. The highest BCUT2D eigenvalue weighted by atomic mass is 19.3. The monoisotopic (exact) mass is 179 g/mol. The molecular weight excluding hydrogens is 168 g/mol. The van der Waals surface area contributed by atoms with E-state index in [1.807, 2.05) is 0 Å². The zero-order chi connectivity index (χ0) is 9.19. The third-order valence-corrected chi connectivity index (χ3v) is 1.98. The minimum Gasteiger partial charge on any atom is -0.387 e. The molecule has 1 amide bonds. The molecule has 1 aliphatic rings. The van der Waals surface area contributed by atoms with Gasteiger partial charge in [-0.05, 0) is 0 Å². The first-order chi connectivity index (χ1) is 5.55. The molecule has 0 unspecified atom stereocenters. The average Bonchev–Trinajstić information content (AvgIpc) is 2.03. The summed E-state index contributed by atoms with van der Waals surface area (Å²) in [6.45, 7) is -0.496. The van der Waals surface area contributed by atoms with Gasteiger partial charge < -0.3 is 10.0 Å². The summed E-state index contributed by atoms with van der Waals surface area (Å²) in [5, 5.41) is 8.44. The summed E-state index contributed by atoms with van der Waals surface area (Å²) in [6.07, 6.45) is -0.586. The fourth-order valence-electron chi connectivity index (χ4n) is 1.18. The van der Waals surface area contributed by atoms with E-state index in [1.165, 1.54) is 4.90 Å². The molecule has 0 aromatic rings. The Balaban J connectivity index is 2.41. The Kier molecular flexibility index (Phi) is 2.62. The molecule has 1 N–H and O–H groups in total. The van der Waals surface area contributed by atoms with E-state index in [4.69, 9.17) is 5.11 Å². The van der Waals surface area contributed by atoms with Crippen molar-refractivity contribution < 1.29 is 18.7 Å². The van der Waals surface area contributed by atoms with Crippen LogP contribution < -0.4 is 0 Å². The average molecular weight is 179 g/mol. The Labute approximate surface area is 69.0 Å². The Bertz CT molecular complexity index is 174. The maximum atomic E-state index is 12.5. The molecule has 0 aromatic carbocycles. The number of hydrogen-bond donors (Lipinski definition) is 1. The molecule has 1 fully saturated rings. The van der Waals surface area contributed by atoms with Gasteiger partial charge in [0.2, 0.25) is 5.91 Å². The minimum atomic E-state index is -2.63. The molecule has 0 bridgehead atoms. The van der Waals surface area contributed by atoms with Crippen LogP contribution in [0.25, 0.3) is 0 Å². The van der Waals surface area contributed by atoms with E-state index in [2.05, 4.69) is 0 Å². The van der Waals surface area contributed by atoms with Crippen LogP contribution in [0, 0.1) is 0 Å². The van der Waals surface area contributed by atoms with E-state index in [9.17, 15) is 13.6 Å². The van der Waals surface area contributed by atoms with Crippen LogP contribution >= 0.6 is 0 Å². The van der Waals surface area contributed by atoms with Crippen LogP contribution in [0.3, 0.4) is 0 Å². The van der Waals surface area contributed by atoms with Gasteiger partial charge in [0.15, 0.2) is 0 Å². The van der Waals surface area contributed by atoms with Crippen LogP contribution in [0.5, 0.6) is 0 Å². The first kappa shape index (κ1) is 9.38. The van der Waals surface area contributed by atoms with Crippen molar-refractivity contribution in [3.05, 3.63) is 0 Å². The van der Waals surface area contributed by atoms with Crippen LogP contribution in [0.4, 0.5) is 8.78 Å². The number of rotatable bonds is 1. The SMILES string of the molecule is O=C(CO)N1CCC(F)(F)CC1. The summed E-state index contributed by atoms with van der Waals surface area (Å²) in [7, 11) is 0. The van der Waals surface area contributed by atoms with Crippen molar-refractivity contribution in [3.8, 4) is 0 Å². The highest BCUT2D eigenvalue weighted by Gasteiger charge is 2.35. The lowest BCUT2D eigenvalue weighted by molar-refractivity contribution is -0.140. The van der Waals surface area contributed by atoms with E-state index >= 15 is 0 Å². The molecule has 1 rings (SSSR count). The van der Waals surface area contributed by atoms with Gasteiger partial charge in [0.25, 0.3) is 5.92 Å². The Morgan fingerprint density at radius 3 is 2.33 bits per heavy atom. The van der Waals surface area contributed by atoms with Gasteiger partial charge in [-0.2, -0.15) is 0 Å². The molecule has 0 saturated carbocycles. The Morgan fingerprint density at radius 2 is 1.92 bits per heavy atom. The fraction of sp³-hybridized carbons (Fsp3) is 0.857. The molecule has 1 heterocycles. The van der Waals surface area contributed by atoms with Gasteiger partial charge in [-0.1, -0.05) is 0 Å². The number of aliphatic hydroxyl groups is 1. The van der Waals surface area contributed by atoms with E-state index in [1.54, 1.807) is 0 Å². The number of halogens is 2. The highest BCUT2D eigenvalue weighted by Crippen LogP contribution is 2.27. The standard InChI is InChI=1S/C7H11F2NO2/c8-7(9)1-3-10(4-2-7)6(12)5-11/h11H,1-5H2. The summed E-state index contributed by atoms with van der Waals surface area (Å²) >= 11 is 0. The van der Waals surface area contributed by atoms with Crippen molar-refractivity contribution in [2.24, 2.45) is 0 Å². The number of nitrogens with zero attached hydrogens (tertiary/aromatic N) is 1. The minimum absolute atomic E-state index is 0.0480. The van der Waals surface area contributed by atoms with Gasteiger partial charge in [-0.25, -0.2) is 8.78 Å². The van der Waals surface area contributed by atoms with Crippen molar-refractivity contribution >= 4 is 5.91 Å². The van der Waals surface area contributed by atoms with E-state index in [0.717, 1.165) is 0 Å². The maximum absolute atomic E-state index is 12.5. The zero-order valence-electron chi connectivity index (χ0n) is 6.59. The number of amides is 1. The van der Waals surface area contributed by atoms with Crippen molar-refractivity contribution in [3.63, 3.8) is 0 Å². The summed E-state index contributed by atoms with van der Waals surface area (Å²) in [5.41, 5.74) is 0. The van der Waals surface area contributed by atoms with Gasteiger partial charge in [0.1, 0.15) is 6.61 Å². The predicted octanol–water partition coefficient (Wildman–Crippen LogP) is 0.236. The summed E-state index contributed by atoms with van der Waals surface area (Å²) in [4.78, 5) is 12.1. The van der Waals surface area contributed by atoms with Gasteiger partial charge in [-0.3, -0.25) is 4.79 Å². The molecule has 1 aliphatic heterocycles. The second-order valence-electron chi connectivity index (χ2n) is 2.89. The quantitative estimate of drug-likeness (QED) is 0.626. The first-order valence-electron chi connectivity index (χ1n) is 3.82. The number of hydrogen-bond acceptors (Lipinski definition) is 2. The van der Waals surface area contributed by atoms with Crippen LogP contribution in [-0.4, -0.2) is 41.5 Å². The van der Waals surface area contributed by atoms with Crippen LogP contribution in [-0.2, 0) is 4.79 Å². The first-order valence-corrected chi connectivity index (χ1v) is 3.82. The third-order valence-electron chi connectivity index (χ3n) is 1.98. The van der Waals surface area contributed by atoms with Crippen LogP contribution in [0.1, 0.15) is 12.8 Å². The summed E-state index contributed by atoms with van der Waals surface area (Å²) in [6, 6.07) is 0. The maximum Gasteiger partial charge on any atom is 0.251 e. The molecule has 3 nitrogen and oxygen atoms in total. The normalized spacial score (nSPS) is 22.4. The second-order valence-corrected chi connectivity index (χ2v) is 2.89. The van der Waals surface area contributed by atoms with E-state index in [0.29, 0.717) is 0 Å². The van der Waals surface area contributed by atoms with Gasteiger partial charge in [-0.15, -0.1) is 0 Å². The molecule has 12 heavy (non-hydrogen) atoms. The number of aliphatic hydroxyl groups excluding tert-OH is 1. The molecule has 0 aliphatic carbocycles. The Morgan fingerprint density at radius 1 is 1.42 bits per heavy atom. The molecule has 0 aromatic heterocycles.